The lowest BCUT2D eigenvalue weighted by Crippen LogP contribution is -2.49. The van der Waals surface area contributed by atoms with Crippen LogP contribution in [0.5, 0.6) is 0 Å². The van der Waals surface area contributed by atoms with Gasteiger partial charge in [0, 0.05) is 37.4 Å². The molecule has 0 bridgehead atoms. The lowest BCUT2D eigenvalue weighted by atomic mass is 9.92. The molecule has 5 heteroatoms. The lowest BCUT2D eigenvalue weighted by Gasteiger charge is -2.42. The van der Waals surface area contributed by atoms with Crippen LogP contribution in [0.25, 0.3) is 0 Å². The van der Waals surface area contributed by atoms with Crippen molar-refractivity contribution >= 4 is 5.91 Å². The van der Waals surface area contributed by atoms with Crippen LogP contribution in [0.2, 0.25) is 0 Å². The molecular weight excluding hydrogens is 348 g/mol. The van der Waals surface area contributed by atoms with Gasteiger partial charge in [0.2, 0.25) is 5.91 Å². The number of nitrogens with one attached hydrogen (secondary N) is 1. The summed E-state index contributed by atoms with van der Waals surface area (Å²) in [6.07, 6.45) is 14.0. The summed E-state index contributed by atoms with van der Waals surface area (Å²) in [6.45, 7) is 6.63. The van der Waals surface area contributed by atoms with E-state index < -0.39 is 0 Å². The average molecular weight is 385 g/mol. The zero-order valence-corrected chi connectivity index (χ0v) is 17.2. The zero-order valence-electron chi connectivity index (χ0n) is 17.2. The van der Waals surface area contributed by atoms with Gasteiger partial charge in [-0.25, -0.2) is 0 Å². The summed E-state index contributed by atoms with van der Waals surface area (Å²) in [5, 5.41) is 3.10. The van der Waals surface area contributed by atoms with Crippen molar-refractivity contribution in [1.29, 1.82) is 0 Å². The standard InChI is InChI=1S/C23H36N4O/c28-23(25-17-20-6-3-11-24-16-20)21-7-14-27(15-8-21)22-9-12-26(13-10-22)18-19-4-1-2-5-19/h3,6,11,16,19,21-22H,1-2,4-5,7-10,12-15,17-18H2,(H,25,28). The topological polar surface area (TPSA) is 48.5 Å². The monoisotopic (exact) mass is 384 g/mol. The third-order valence-corrected chi connectivity index (χ3v) is 7.15. The SMILES string of the molecule is O=C(NCc1cccnc1)C1CCN(C2CCN(CC3CCCC3)CC2)CC1. The first kappa shape index (κ1) is 19.8. The molecule has 2 aliphatic heterocycles. The number of carbonyl (C=O) groups is 1. The van der Waals surface area contributed by atoms with Gasteiger partial charge in [-0.2, -0.15) is 0 Å². The van der Waals surface area contributed by atoms with Gasteiger partial charge in [0.25, 0.3) is 0 Å². The van der Waals surface area contributed by atoms with Gasteiger partial charge in [-0.05, 0) is 82.3 Å². The van der Waals surface area contributed by atoms with Crippen LogP contribution in [0.15, 0.2) is 24.5 Å². The van der Waals surface area contributed by atoms with Crippen LogP contribution in [0.1, 0.15) is 56.9 Å². The van der Waals surface area contributed by atoms with Crippen molar-refractivity contribution in [3.05, 3.63) is 30.1 Å². The Morgan fingerprint density at radius 1 is 1.04 bits per heavy atom. The molecule has 1 aromatic rings. The summed E-state index contributed by atoms with van der Waals surface area (Å²) in [7, 11) is 0. The lowest BCUT2D eigenvalue weighted by molar-refractivity contribution is -0.126. The molecule has 0 aromatic carbocycles. The van der Waals surface area contributed by atoms with Gasteiger partial charge in [-0.3, -0.25) is 9.78 Å². The minimum atomic E-state index is 0.176. The first-order chi connectivity index (χ1) is 13.8. The molecule has 5 nitrogen and oxygen atoms in total. The van der Waals surface area contributed by atoms with Crippen molar-refractivity contribution in [1.82, 2.24) is 20.1 Å². The van der Waals surface area contributed by atoms with Crippen molar-refractivity contribution in [2.45, 2.75) is 64.0 Å². The smallest absolute Gasteiger partial charge is 0.223 e. The van der Waals surface area contributed by atoms with E-state index in [1.54, 1.807) is 6.20 Å². The number of aromatic nitrogens is 1. The summed E-state index contributed by atoms with van der Waals surface area (Å²) in [6, 6.07) is 4.66. The highest BCUT2D eigenvalue weighted by Gasteiger charge is 2.31. The quantitative estimate of drug-likeness (QED) is 0.819. The van der Waals surface area contributed by atoms with E-state index in [1.165, 1.54) is 58.2 Å². The number of likely N-dealkylation sites (tertiary alicyclic amines) is 2. The molecule has 0 spiro atoms. The highest BCUT2D eigenvalue weighted by Crippen LogP contribution is 2.28. The number of nitrogens with zero attached hydrogens (tertiary/aromatic N) is 3. The van der Waals surface area contributed by atoms with Gasteiger partial charge in [-0.15, -0.1) is 0 Å². The molecule has 3 heterocycles. The maximum atomic E-state index is 12.5. The van der Waals surface area contributed by atoms with Crippen LogP contribution >= 0.6 is 0 Å². The molecule has 1 saturated carbocycles. The Bertz CT molecular complexity index is 600. The van der Waals surface area contributed by atoms with Crippen LogP contribution in [0.4, 0.5) is 0 Å². The van der Waals surface area contributed by atoms with Gasteiger partial charge in [0.05, 0.1) is 0 Å². The average Bonchev–Trinajstić information content (AvgIpc) is 3.26. The summed E-state index contributed by atoms with van der Waals surface area (Å²) in [4.78, 5) is 22.0. The molecular formula is C23H36N4O. The van der Waals surface area contributed by atoms with Gasteiger partial charge in [-0.1, -0.05) is 18.9 Å². The van der Waals surface area contributed by atoms with Crippen molar-refractivity contribution in [3.8, 4) is 0 Å². The third-order valence-electron chi connectivity index (χ3n) is 7.15. The molecule has 1 N–H and O–H groups in total. The second kappa shape index (κ2) is 9.84. The fraction of sp³-hybridized carbons (Fsp3) is 0.739. The summed E-state index contributed by atoms with van der Waals surface area (Å²) >= 11 is 0. The summed E-state index contributed by atoms with van der Waals surface area (Å²) in [5.74, 6) is 1.36. The third kappa shape index (κ3) is 5.32. The highest BCUT2D eigenvalue weighted by atomic mass is 16.1. The fourth-order valence-corrected chi connectivity index (χ4v) is 5.39. The highest BCUT2D eigenvalue weighted by molar-refractivity contribution is 5.78. The van der Waals surface area contributed by atoms with Gasteiger partial charge < -0.3 is 15.1 Å². The van der Waals surface area contributed by atoms with Gasteiger partial charge >= 0.3 is 0 Å². The molecule has 0 unspecified atom stereocenters. The minimum absolute atomic E-state index is 0.176. The van der Waals surface area contributed by atoms with E-state index in [1.807, 2.05) is 18.3 Å². The number of carbonyl (C=O) groups excluding carboxylic acids is 1. The van der Waals surface area contributed by atoms with Crippen LogP contribution in [-0.4, -0.2) is 59.5 Å². The molecule has 1 amide bonds. The molecule has 28 heavy (non-hydrogen) atoms. The molecule has 0 radical (unpaired) electrons. The van der Waals surface area contributed by atoms with Crippen molar-refractivity contribution in [3.63, 3.8) is 0 Å². The maximum absolute atomic E-state index is 12.5. The Labute approximate surface area is 169 Å². The van der Waals surface area contributed by atoms with E-state index in [9.17, 15) is 4.79 Å². The number of hydrogen-bond donors (Lipinski definition) is 1. The fourth-order valence-electron chi connectivity index (χ4n) is 5.39. The normalized spacial score (nSPS) is 23.9. The molecule has 154 valence electrons. The van der Waals surface area contributed by atoms with Crippen molar-refractivity contribution in [2.24, 2.45) is 11.8 Å². The van der Waals surface area contributed by atoms with Crippen LogP contribution in [0, 0.1) is 11.8 Å². The van der Waals surface area contributed by atoms with Gasteiger partial charge in [0.1, 0.15) is 0 Å². The minimum Gasteiger partial charge on any atom is -0.352 e. The number of amides is 1. The largest absolute Gasteiger partial charge is 0.352 e. The van der Waals surface area contributed by atoms with E-state index in [0.717, 1.165) is 43.5 Å². The Kier molecular flexibility index (Phi) is 6.97. The van der Waals surface area contributed by atoms with E-state index >= 15 is 0 Å². The van der Waals surface area contributed by atoms with E-state index in [2.05, 4.69) is 20.1 Å². The van der Waals surface area contributed by atoms with Gasteiger partial charge in [0.15, 0.2) is 0 Å². The molecule has 1 aromatic heterocycles. The molecule has 1 aliphatic carbocycles. The van der Waals surface area contributed by atoms with E-state index in [-0.39, 0.29) is 11.8 Å². The summed E-state index contributed by atoms with van der Waals surface area (Å²) < 4.78 is 0. The van der Waals surface area contributed by atoms with E-state index in [4.69, 9.17) is 0 Å². The molecule has 3 fully saturated rings. The van der Waals surface area contributed by atoms with Crippen molar-refractivity contribution < 1.29 is 4.79 Å². The Morgan fingerprint density at radius 3 is 2.46 bits per heavy atom. The van der Waals surface area contributed by atoms with Crippen molar-refractivity contribution in [2.75, 3.05) is 32.7 Å². The Morgan fingerprint density at radius 2 is 1.79 bits per heavy atom. The number of piperidine rings is 2. The predicted molar refractivity (Wildman–Crippen MR) is 112 cm³/mol. The number of rotatable bonds is 6. The Balaban J connectivity index is 1.15. The van der Waals surface area contributed by atoms with Crippen LogP contribution < -0.4 is 5.32 Å². The van der Waals surface area contributed by atoms with Crippen LogP contribution in [-0.2, 0) is 11.3 Å². The number of pyridine rings is 1. The molecule has 2 saturated heterocycles. The second-order valence-electron chi connectivity index (χ2n) is 9.07. The first-order valence-corrected chi connectivity index (χ1v) is 11.4. The summed E-state index contributed by atoms with van der Waals surface area (Å²) in [5.41, 5.74) is 1.07. The van der Waals surface area contributed by atoms with E-state index in [0.29, 0.717) is 6.54 Å². The molecule has 0 atom stereocenters. The Hall–Kier alpha value is -1.46. The molecule has 4 rings (SSSR count). The first-order valence-electron chi connectivity index (χ1n) is 11.4. The molecule has 3 aliphatic rings. The number of hydrogen-bond acceptors (Lipinski definition) is 4. The predicted octanol–water partition coefficient (Wildman–Crippen LogP) is 3.06. The van der Waals surface area contributed by atoms with Crippen LogP contribution in [0.3, 0.4) is 0 Å². The maximum Gasteiger partial charge on any atom is 0.223 e. The second-order valence-corrected chi connectivity index (χ2v) is 9.07. The zero-order chi connectivity index (χ0) is 19.2.